The number of hydrogen-bond donors (Lipinski definition) is 0. The topological polar surface area (TPSA) is 42.9 Å². The van der Waals surface area contributed by atoms with Crippen molar-refractivity contribution in [2.75, 3.05) is 0 Å². The fourth-order valence-electron chi connectivity index (χ4n) is 1.84. The van der Waals surface area contributed by atoms with Crippen LogP contribution in [0.25, 0.3) is 11.1 Å². The lowest BCUT2D eigenvalue weighted by molar-refractivity contribution is 0.103. The minimum atomic E-state index is -0.0493. The summed E-state index contributed by atoms with van der Waals surface area (Å²) < 4.78 is 1.70. The van der Waals surface area contributed by atoms with E-state index in [2.05, 4.69) is 41.8 Å². The lowest BCUT2D eigenvalue weighted by Crippen LogP contribution is -1.99. The van der Waals surface area contributed by atoms with Crippen LogP contribution in [0.4, 0.5) is 0 Å². The predicted octanol–water partition coefficient (Wildman–Crippen LogP) is 3.21. The molecule has 0 radical (unpaired) electrons. The van der Waals surface area contributed by atoms with Gasteiger partial charge in [-0.05, 0) is 33.6 Å². The first-order valence-corrected chi connectivity index (χ1v) is 6.11. The van der Waals surface area contributed by atoms with Gasteiger partial charge in [-0.1, -0.05) is 15.9 Å². The summed E-state index contributed by atoms with van der Waals surface area (Å²) in [5.41, 5.74) is 2.81. The summed E-state index contributed by atoms with van der Waals surface area (Å²) in [6.45, 7) is 0. The Morgan fingerprint density at radius 2 is 1.94 bits per heavy atom. The average Bonchev–Trinajstić information content (AvgIpc) is 2.54. The zero-order chi connectivity index (χ0) is 11.3. The van der Waals surface area contributed by atoms with Crippen molar-refractivity contribution in [3.8, 4) is 11.1 Å². The number of aromatic nitrogens is 2. The van der Waals surface area contributed by atoms with Crippen LogP contribution in [0.3, 0.4) is 0 Å². The molecule has 1 heterocycles. The third-order valence-corrected chi connectivity index (χ3v) is 3.58. The molecule has 0 bridgehead atoms. The van der Waals surface area contributed by atoms with Gasteiger partial charge in [-0.2, -0.15) is 0 Å². The molecule has 1 aromatic heterocycles. The summed E-state index contributed by atoms with van der Waals surface area (Å²) in [5.74, 6) is -0.0493. The van der Waals surface area contributed by atoms with E-state index < -0.39 is 0 Å². The van der Waals surface area contributed by atoms with Crippen molar-refractivity contribution in [3.63, 3.8) is 0 Å². The number of hydrogen-bond acceptors (Lipinski definition) is 3. The average molecular weight is 340 g/mol. The van der Waals surface area contributed by atoms with Crippen molar-refractivity contribution in [3.05, 3.63) is 44.9 Å². The molecule has 0 amide bonds. The highest BCUT2D eigenvalue weighted by Crippen LogP contribution is 2.40. The number of benzene rings is 1. The largest absolute Gasteiger partial charge is 0.287 e. The van der Waals surface area contributed by atoms with E-state index in [4.69, 9.17) is 0 Å². The van der Waals surface area contributed by atoms with E-state index in [0.29, 0.717) is 11.3 Å². The number of fused-ring (bicyclic) bond motifs is 3. The molecule has 0 aliphatic heterocycles. The van der Waals surface area contributed by atoms with Crippen LogP contribution < -0.4 is 0 Å². The first-order chi connectivity index (χ1) is 7.68. The minimum Gasteiger partial charge on any atom is -0.287 e. The highest BCUT2D eigenvalue weighted by Gasteiger charge is 2.30. The summed E-state index contributed by atoms with van der Waals surface area (Å²) in [6, 6.07) is 3.77. The van der Waals surface area contributed by atoms with Gasteiger partial charge in [-0.3, -0.25) is 4.79 Å². The molecule has 1 aliphatic rings. The summed E-state index contributed by atoms with van der Waals surface area (Å²) in [7, 11) is 0. The van der Waals surface area contributed by atoms with Gasteiger partial charge < -0.3 is 0 Å². The van der Waals surface area contributed by atoms with Gasteiger partial charge in [-0.25, -0.2) is 9.97 Å². The monoisotopic (exact) mass is 338 g/mol. The number of nitrogens with zero attached hydrogens (tertiary/aromatic N) is 2. The zero-order valence-corrected chi connectivity index (χ0v) is 11.0. The van der Waals surface area contributed by atoms with Crippen LogP contribution in [0.2, 0.25) is 0 Å². The molecule has 0 unspecified atom stereocenters. The minimum absolute atomic E-state index is 0.0493. The van der Waals surface area contributed by atoms with E-state index in [1.165, 1.54) is 6.33 Å². The summed E-state index contributed by atoms with van der Waals surface area (Å²) in [5, 5.41) is 0. The Labute approximate surface area is 108 Å². The first-order valence-electron chi connectivity index (χ1n) is 4.52. The standard InChI is InChI=1S/C11H4Br2N2O/c12-5-1-6-7-3-14-4-15-10(7)11(16)9(6)8(13)2-5/h1-4H. The van der Waals surface area contributed by atoms with Crippen molar-refractivity contribution in [1.29, 1.82) is 0 Å². The van der Waals surface area contributed by atoms with Gasteiger partial charge in [0, 0.05) is 26.3 Å². The molecule has 0 saturated heterocycles. The summed E-state index contributed by atoms with van der Waals surface area (Å²) in [4.78, 5) is 20.1. The molecule has 3 nitrogen and oxygen atoms in total. The molecular formula is C11H4Br2N2O. The molecule has 16 heavy (non-hydrogen) atoms. The SMILES string of the molecule is O=C1c2ncncc2-c2cc(Br)cc(Br)c21. The Morgan fingerprint density at radius 1 is 1.12 bits per heavy atom. The van der Waals surface area contributed by atoms with Crippen molar-refractivity contribution < 1.29 is 4.79 Å². The molecule has 0 atom stereocenters. The van der Waals surface area contributed by atoms with E-state index in [9.17, 15) is 4.79 Å². The molecule has 0 N–H and O–H groups in total. The second kappa shape index (κ2) is 3.46. The van der Waals surface area contributed by atoms with E-state index in [1.54, 1.807) is 6.20 Å². The van der Waals surface area contributed by atoms with Gasteiger partial charge in [0.25, 0.3) is 0 Å². The fraction of sp³-hybridized carbons (Fsp3) is 0. The molecule has 0 saturated carbocycles. The van der Waals surface area contributed by atoms with Gasteiger partial charge in [-0.15, -0.1) is 0 Å². The third-order valence-electron chi connectivity index (χ3n) is 2.50. The van der Waals surface area contributed by atoms with Crippen LogP contribution in [-0.4, -0.2) is 15.8 Å². The number of rotatable bonds is 0. The van der Waals surface area contributed by atoms with Gasteiger partial charge in [0.15, 0.2) is 0 Å². The van der Waals surface area contributed by atoms with E-state index in [0.717, 1.165) is 20.1 Å². The maximum Gasteiger partial charge on any atom is 0.213 e. The molecule has 5 heteroatoms. The second-order valence-corrected chi connectivity index (χ2v) is 5.19. The molecule has 78 valence electrons. The highest BCUT2D eigenvalue weighted by atomic mass is 79.9. The summed E-state index contributed by atoms with van der Waals surface area (Å²) in [6.07, 6.45) is 3.07. The maximum absolute atomic E-state index is 12.1. The van der Waals surface area contributed by atoms with Gasteiger partial charge in [0.05, 0.1) is 0 Å². The number of carbonyl (C=O) groups excluding carboxylic acids is 1. The Bertz CT molecular complexity index is 625. The first kappa shape index (κ1) is 10.1. The molecule has 0 spiro atoms. The van der Waals surface area contributed by atoms with E-state index in [1.807, 2.05) is 12.1 Å². The third kappa shape index (κ3) is 1.28. The van der Waals surface area contributed by atoms with Crippen LogP contribution in [0.15, 0.2) is 33.6 Å². The lowest BCUT2D eigenvalue weighted by Gasteiger charge is -2.01. The van der Waals surface area contributed by atoms with Crippen molar-refractivity contribution >= 4 is 37.6 Å². The number of halogens is 2. The molecule has 2 aromatic rings. The zero-order valence-electron chi connectivity index (χ0n) is 7.87. The molecule has 1 aromatic carbocycles. The van der Waals surface area contributed by atoms with Crippen molar-refractivity contribution in [2.24, 2.45) is 0 Å². The van der Waals surface area contributed by atoms with Crippen LogP contribution in [0.5, 0.6) is 0 Å². The van der Waals surface area contributed by atoms with Gasteiger partial charge in [0.1, 0.15) is 12.0 Å². The molecule has 3 rings (SSSR count). The molecular weight excluding hydrogens is 336 g/mol. The van der Waals surface area contributed by atoms with Crippen LogP contribution in [0, 0.1) is 0 Å². The second-order valence-electron chi connectivity index (χ2n) is 3.42. The molecule has 0 fully saturated rings. The van der Waals surface area contributed by atoms with Gasteiger partial charge >= 0.3 is 0 Å². The normalized spacial score (nSPS) is 12.5. The van der Waals surface area contributed by atoms with Crippen molar-refractivity contribution in [1.82, 2.24) is 9.97 Å². The number of carbonyl (C=O) groups is 1. The van der Waals surface area contributed by atoms with Crippen LogP contribution in [0.1, 0.15) is 16.1 Å². The van der Waals surface area contributed by atoms with E-state index in [-0.39, 0.29) is 5.78 Å². The maximum atomic E-state index is 12.1. The molecule has 1 aliphatic carbocycles. The fourth-order valence-corrected chi connectivity index (χ4v) is 3.25. The Balaban J connectivity index is 2.42. The van der Waals surface area contributed by atoms with Crippen LogP contribution in [-0.2, 0) is 0 Å². The predicted molar refractivity (Wildman–Crippen MR) is 66.3 cm³/mol. The smallest absolute Gasteiger partial charge is 0.213 e. The Hall–Kier alpha value is -1.07. The highest BCUT2D eigenvalue weighted by molar-refractivity contribution is 9.11. The van der Waals surface area contributed by atoms with E-state index >= 15 is 0 Å². The lowest BCUT2D eigenvalue weighted by atomic mass is 10.1. The Kier molecular flexibility index (Phi) is 2.19. The van der Waals surface area contributed by atoms with Crippen molar-refractivity contribution in [2.45, 2.75) is 0 Å². The quantitative estimate of drug-likeness (QED) is 0.631. The Morgan fingerprint density at radius 3 is 2.75 bits per heavy atom. The van der Waals surface area contributed by atoms with Gasteiger partial charge in [0.2, 0.25) is 5.78 Å². The number of ketones is 1. The van der Waals surface area contributed by atoms with Crippen LogP contribution >= 0.6 is 31.9 Å². The summed E-state index contributed by atoms with van der Waals surface area (Å²) >= 11 is 6.80.